The van der Waals surface area contributed by atoms with E-state index in [4.69, 9.17) is 4.42 Å². The van der Waals surface area contributed by atoms with Crippen LogP contribution in [0.15, 0.2) is 102 Å². The highest BCUT2D eigenvalue weighted by atomic mass is 19.4. The van der Waals surface area contributed by atoms with E-state index in [9.17, 15) is 18.0 Å². The number of rotatable bonds is 6. The number of hydrogen-bond donors (Lipinski definition) is 1. The summed E-state index contributed by atoms with van der Waals surface area (Å²) in [6.07, 6.45) is 4.62. The molecule has 8 heteroatoms. The number of amides is 1. The highest BCUT2D eigenvalue weighted by molar-refractivity contribution is 6.06. The molecule has 1 amide bonds. The Morgan fingerprint density at radius 2 is 1.85 bits per heavy atom. The van der Waals surface area contributed by atoms with Gasteiger partial charge in [-0.1, -0.05) is 36.4 Å². The Hall–Kier alpha value is -4.33. The van der Waals surface area contributed by atoms with E-state index in [1.165, 1.54) is 36.6 Å². The molecule has 2 aromatic carbocycles. The van der Waals surface area contributed by atoms with Crippen molar-refractivity contribution in [2.45, 2.75) is 6.36 Å². The molecule has 33 heavy (non-hydrogen) atoms. The minimum absolute atomic E-state index is 0.328. The number of hydrogen-bond acceptors (Lipinski definition) is 4. The normalized spacial score (nSPS) is 12.3. The molecule has 5 nitrogen and oxygen atoms in total. The lowest BCUT2D eigenvalue weighted by molar-refractivity contribution is -0.274. The fraction of sp³-hybridized carbons (Fsp3) is 0.0400. The number of benzene rings is 2. The first-order valence-electron chi connectivity index (χ1n) is 9.81. The van der Waals surface area contributed by atoms with Gasteiger partial charge in [0.2, 0.25) is 5.91 Å². The molecule has 4 aromatic rings. The van der Waals surface area contributed by atoms with Gasteiger partial charge in [0.05, 0.1) is 6.26 Å². The molecule has 0 aliphatic carbocycles. The van der Waals surface area contributed by atoms with Gasteiger partial charge in [-0.15, -0.1) is 13.2 Å². The Morgan fingerprint density at radius 3 is 2.58 bits per heavy atom. The molecule has 0 saturated carbocycles. The van der Waals surface area contributed by atoms with Crippen LogP contribution in [-0.2, 0) is 4.79 Å². The van der Waals surface area contributed by atoms with Gasteiger partial charge in [-0.3, -0.25) is 9.78 Å². The van der Waals surface area contributed by atoms with Gasteiger partial charge >= 0.3 is 6.36 Å². The van der Waals surface area contributed by atoms with Crippen molar-refractivity contribution in [1.82, 2.24) is 4.98 Å². The second kappa shape index (κ2) is 9.44. The van der Waals surface area contributed by atoms with E-state index in [1.54, 1.807) is 42.7 Å². The summed E-state index contributed by atoms with van der Waals surface area (Å²) in [5.74, 6) is -0.181. The fourth-order valence-electron chi connectivity index (χ4n) is 3.23. The summed E-state index contributed by atoms with van der Waals surface area (Å²) < 4.78 is 46.6. The lowest BCUT2D eigenvalue weighted by Gasteiger charge is -2.10. The number of fused-ring (bicyclic) bond motifs is 1. The average Bonchev–Trinajstić information content (AvgIpc) is 3.31. The lowest BCUT2D eigenvalue weighted by Crippen LogP contribution is -2.17. The number of furan rings is 1. The second-order valence-electron chi connectivity index (χ2n) is 6.88. The van der Waals surface area contributed by atoms with Crippen LogP contribution in [0.4, 0.5) is 18.9 Å². The van der Waals surface area contributed by atoms with E-state index in [-0.39, 0.29) is 11.7 Å². The zero-order valence-electron chi connectivity index (χ0n) is 17.0. The molecule has 166 valence electrons. The van der Waals surface area contributed by atoms with Gasteiger partial charge < -0.3 is 14.5 Å². The van der Waals surface area contributed by atoms with E-state index in [1.807, 2.05) is 18.2 Å². The third-order valence-electron chi connectivity index (χ3n) is 4.63. The smallest absolute Gasteiger partial charge is 0.464 e. The van der Waals surface area contributed by atoms with Crippen molar-refractivity contribution < 1.29 is 27.1 Å². The highest BCUT2D eigenvalue weighted by Gasteiger charge is 2.31. The lowest BCUT2D eigenvalue weighted by atomic mass is 10.0. The van der Waals surface area contributed by atoms with E-state index < -0.39 is 6.36 Å². The fourth-order valence-corrected chi connectivity index (χ4v) is 3.23. The van der Waals surface area contributed by atoms with Gasteiger partial charge in [0.15, 0.2) is 0 Å². The largest absolute Gasteiger partial charge is 0.573 e. The molecule has 2 aromatic heterocycles. The Morgan fingerprint density at radius 1 is 1.03 bits per heavy atom. The summed E-state index contributed by atoms with van der Waals surface area (Å²) in [6, 6.07) is 16.1. The number of aromatic nitrogens is 1. The number of carbonyl (C=O) groups excluding carboxylic acids is 1. The van der Waals surface area contributed by atoms with E-state index in [0.717, 1.165) is 10.8 Å². The topological polar surface area (TPSA) is 64.4 Å². The molecular weight excluding hydrogens is 433 g/mol. The van der Waals surface area contributed by atoms with Crippen LogP contribution in [0.1, 0.15) is 11.3 Å². The molecule has 1 N–H and O–H groups in total. The number of carbonyl (C=O) groups is 1. The monoisotopic (exact) mass is 450 g/mol. The molecule has 0 fully saturated rings. The highest BCUT2D eigenvalue weighted by Crippen LogP contribution is 2.28. The van der Waals surface area contributed by atoms with Gasteiger partial charge in [-0.25, -0.2) is 0 Å². The first-order chi connectivity index (χ1) is 15.9. The van der Waals surface area contributed by atoms with Crippen LogP contribution in [0.2, 0.25) is 0 Å². The van der Waals surface area contributed by atoms with Crippen molar-refractivity contribution in [3.05, 3.63) is 109 Å². The molecule has 0 saturated heterocycles. The van der Waals surface area contributed by atoms with Crippen LogP contribution in [0.5, 0.6) is 5.75 Å². The maximum atomic E-state index is 12.4. The maximum Gasteiger partial charge on any atom is 0.573 e. The number of alkyl halides is 3. The SMILES string of the molecule is O=C(C=CC=C(c1ccc(OC(F)(F)F)cc1)c1ccco1)Nc1cccc2cnccc12. The van der Waals surface area contributed by atoms with Crippen LogP contribution < -0.4 is 10.1 Å². The summed E-state index contributed by atoms with van der Waals surface area (Å²) in [4.78, 5) is 16.5. The standard InChI is InChI=1S/C25H17F3N2O3/c26-25(27,28)33-19-11-9-17(10-12-19)21(23-7-3-15-32-23)5-2-8-24(31)30-22-6-1-4-18-16-29-14-13-20(18)22/h1-16H,(H,30,31). The summed E-state index contributed by atoms with van der Waals surface area (Å²) >= 11 is 0. The van der Waals surface area contributed by atoms with Crippen molar-refractivity contribution in [1.29, 1.82) is 0 Å². The molecule has 2 heterocycles. The number of pyridine rings is 1. The number of nitrogens with one attached hydrogen (secondary N) is 1. The molecule has 0 spiro atoms. The zero-order valence-corrected chi connectivity index (χ0v) is 17.0. The number of anilines is 1. The van der Waals surface area contributed by atoms with Crippen molar-refractivity contribution in [2.75, 3.05) is 5.32 Å². The Labute approximate surface area is 186 Å². The average molecular weight is 450 g/mol. The van der Waals surface area contributed by atoms with Gasteiger partial charge in [-0.2, -0.15) is 0 Å². The number of allylic oxidation sites excluding steroid dienone is 2. The van der Waals surface area contributed by atoms with Crippen molar-refractivity contribution >= 4 is 27.9 Å². The Kier molecular flexibility index (Phi) is 6.26. The molecular formula is C25H17F3N2O3. The van der Waals surface area contributed by atoms with E-state index in [0.29, 0.717) is 22.6 Å². The first kappa shape index (κ1) is 21.9. The van der Waals surface area contributed by atoms with Crippen molar-refractivity contribution in [3.8, 4) is 5.75 Å². The molecule has 0 bridgehead atoms. The van der Waals surface area contributed by atoms with Gasteiger partial charge in [-0.05, 0) is 42.0 Å². The number of halogens is 3. The molecule has 0 atom stereocenters. The van der Waals surface area contributed by atoms with Gasteiger partial charge in [0.25, 0.3) is 0 Å². The summed E-state index contributed by atoms with van der Waals surface area (Å²) in [5, 5.41) is 4.60. The Balaban J connectivity index is 1.54. The molecule has 4 rings (SSSR count). The predicted molar refractivity (Wildman–Crippen MR) is 118 cm³/mol. The molecule has 0 aliphatic rings. The van der Waals surface area contributed by atoms with Crippen LogP contribution >= 0.6 is 0 Å². The van der Waals surface area contributed by atoms with Crippen molar-refractivity contribution in [2.24, 2.45) is 0 Å². The first-order valence-corrected chi connectivity index (χ1v) is 9.81. The predicted octanol–water partition coefficient (Wildman–Crippen LogP) is 6.35. The van der Waals surface area contributed by atoms with Crippen LogP contribution in [0.25, 0.3) is 16.3 Å². The molecule has 0 aliphatic heterocycles. The second-order valence-corrected chi connectivity index (χ2v) is 6.88. The summed E-state index contributed by atoms with van der Waals surface area (Å²) in [7, 11) is 0. The molecule has 0 unspecified atom stereocenters. The summed E-state index contributed by atoms with van der Waals surface area (Å²) in [5.41, 5.74) is 1.82. The minimum atomic E-state index is -4.77. The quantitative estimate of drug-likeness (QED) is 0.275. The minimum Gasteiger partial charge on any atom is -0.464 e. The van der Waals surface area contributed by atoms with Gasteiger partial charge in [0, 0.05) is 40.5 Å². The van der Waals surface area contributed by atoms with Crippen molar-refractivity contribution in [3.63, 3.8) is 0 Å². The van der Waals surface area contributed by atoms with Crippen LogP contribution in [0.3, 0.4) is 0 Å². The van der Waals surface area contributed by atoms with Crippen LogP contribution in [0, 0.1) is 0 Å². The Bertz CT molecular complexity index is 1300. The number of ether oxygens (including phenoxy) is 1. The third kappa shape index (κ3) is 5.68. The van der Waals surface area contributed by atoms with Gasteiger partial charge in [0.1, 0.15) is 11.5 Å². The third-order valence-corrected chi connectivity index (χ3v) is 4.63. The summed E-state index contributed by atoms with van der Waals surface area (Å²) in [6.45, 7) is 0. The maximum absolute atomic E-state index is 12.4. The van der Waals surface area contributed by atoms with Crippen LogP contribution in [-0.4, -0.2) is 17.3 Å². The number of nitrogens with zero attached hydrogens (tertiary/aromatic N) is 1. The van der Waals surface area contributed by atoms with E-state index in [2.05, 4.69) is 15.0 Å². The van der Waals surface area contributed by atoms with E-state index >= 15 is 0 Å². The molecule has 0 radical (unpaired) electrons. The zero-order chi connectivity index (χ0) is 23.3.